The molecule has 0 aliphatic heterocycles. The van der Waals surface area contributed by atoms with E-state index in [0.717, 1.165) is 32.7 Å². The number of hydrogen-bond acceptors (Lipinski definition) is 7. The maximum absolute atomic E-state index is 13.7. The Morgan fingerprint density at radius 1 is 1.08 bits per heavy atom. The van der Waals surface area contributed by atoms with Crippen LogP contribution in [0.4, 0.5) is 4.39 Å². The average molecular weight is 541 g/mol. The molecule has 0 radical (unpaired) electrons. The van der Waals surface area contributed by atoms with Gasteiger partial charge in [-0.2, -0.15) is 0 Å². The van der Waals surface area contributed by atoms with E-state index in [4.69, 9.17) is 4.42 Å². The summed E-state index contributed by atoms with van der Waals surface area (Å²) in [7, 11) is 0. The molecule has 0 spiro atoms. The molecule has 6 aromatic rings. The van der Waals surface area contributed by atoms with Crippen molar-refractivity contribution < 1.29 is 8.81 Å². The molecule has 4 heterocycles. The van der Waals surface area contributed by atoms with Gasteiger partial charge in [0.1, 0.15) is 17.6 Å². The maximum atomic E-state index is 13.7. The number of H-pyrrole nitrogens is 1. The molecule has 0 aliphatic carbocycles. The van der Waals surface area contributed by atoms with Gasteiger partial charge in [-0.05, 0) is 81.7 Å². The summed E-state index contributed by atoms with van der Waals surface area (Å²) in [6.45, 7) is 3.27. The van der Waals surface area contributed by atoms with Crippen LogP contribution in [-0.4, -0.2) is 30.1 Å². The maximum Gasteiger partial charge on any atom is 0.253 e. The number of aromatic amines is 1. The van der Waals surface area contributed by atoms with Crippen molar-refractivity contribution in [2.75, 3.05) is 0 Å². The molecule has 39 heavy (non-hydrogen) atoms. The van der Waals surface area contributed by atoms with Crippen LogP contribution in [0.25, 0.3) is 10.9 Å². The van der Waals surface area contributed by atoms with Gasteiger partial charge in [-0.1, -0.05) is 30.3 Å². The number of hydrogen-bond donors (Lipinski definition) is 1. The Bertz CT molecular complexity index is 1710. The Hall–Kier alpha value is -4.41. The number of thiophene rings is 1. The van der Waals surface area contributed by atoms with E-state index in [1.54, 1.807) is 34.4 Å². The lowest BCUT2D eigenvalue weighted by Crippen LogP contribution is -2.34. The van der Waals surface area contributed by atoms with Gasteiger partial charge in [-0.15, -0.1) is 16.4 Å². The zero-order chi connectivity index (χ0) is 26.8. The predicted molar refractivity (Wildman–Crippen MR) is 147 cm³/mol. The monoisotopic (exact) mass is 540 g/mol. The van der Waals surface area contributed by atoms with Gasteiger partial charge in [0.15, 0.2) is 5.82 Å². The second-order valence-electron chi connectivity index (χ2n) is 9.43. The van der Waals surface area contributed by atoms with Crippen LogP contribution < -0.4 is 5.56 Å². The largest absolute Gasteiger partial charge is 0.468 e. The number of fused-ring (bicyclic) bond motifs is 1. The summed E-state index contributed by atoms with van der Waals surface area (Å²) in [4.78, 5) is 20.0. The first-order chi connectivity index (χ1) is 19.0. The van der Waals surface area contributed by atoms with Crippen LogP contribution in [-0.2, 0) is 19.6 Å². The highest BCUT2D eigenvalue weighted by Crippen LogP contribution is 2.31. The lowest BCUT2D eigenvalue weighted by atomic mass is 10.0. The Balaban J connectivity index is 1.51. The lowest BCUT2D eigenvalue weighted by molar-refractivity contribution is 0.181. The molecule has 0 unspecified atom stereocenters. The fourth-order valence-corrected chi connectivity index (χ4v) is 5.49. The number of tetrazole rings is 1. The van der Waals surface area contributed by atoms with Crippen molar-refractivity contribution >= 4 is 22.2 Å². The van der Waals surface area contributed by atoms with Gasteiger partial charge >= 0.3 is 0 Å². The number of nitrogens with one attached hydrogen (secondary N) is 1. The molecule has 2 aromatic carbocycles. The molecule has 1 atom stereocenters. The van der Waals surface area contributed by atoms with E-state index in [2.05, 4.69) is 31.5 Å². The normalized spacial score (nSPS) is 12.4. The summed E-state index contributed by atoms with van der Waals surface area (Å²) >= 11 is 1.64. The van der Waals surface area contributed by atoms with Crippen LogP contribution in [0.1, 0.15) is 39.2 Å². The summed E-state index contributed by atoms with van der Waals surface area (Å²) in [5.74, 6) is 0.938. The van der Waals surface area contributed by atoms with Crippen molar-refractivity contribution in [3.63, 3.8) is 0 Å². The van der Waals surface area contributed by atoms with E-state index in [1.807, 2.05) is 54.8 Å². The molecule has 0 bridgehead atoms. The van der Waals surface area contributed by atoms with Gasteiger partial charge in [0, 0.05) is 22.5 Å². The van der Waals surface area contributed by atoms with Crippen LogP contribution in [0.3, 0.4) is 0 Å². The second-order valence-corrected chi connectivity index (χ2v) is 10.5. The minimum atomic E-state index is -0.609. The van der Waals surface area contributed by atoms with Crippen molar-refractivity contribution in [1.29, 1.82) is 0 Å². The number of rotatable bonds is 9. The first-order valence-corrected chi connectivity index (χ1v) is 13.3. The summed E-state index contributed by atoms with van der Waals surface area (Å²) in [5.41, 5.74) is 2.96. The Morgan fingerprint density at radius 2 is 1.95 bits per heavy atom. The molecular formula is C29H25FN6O2S. The molecule has 0 saturated carbocycles. The van der Waals surface area contributed by atoms with Crippen molar-refractivity contribution in [2.45, 2.75) is 32.6 Å². The average Bonchev–Trinajstić information content (AvgIpc) is 3.71. The molecule has 0 saturated heterocycles. The SMILES string of the molecule is Cc1ccc2cc([C@H](c3nnnn3Cc3ccc(F)cc3)N(Cc3ccco3)Cc3cccs3)c(=O)[nH]c2c1. The topological polar surface area (TPSA) is 92.8 Å². The zero-order valence-corrected chi connectivity index (χ0v) is 21.9. The number of halogens is 1. The van der Waals surface area contributed by atoms with Crippen LogP contribution >= 0.6 is 11.3 Å². The smallest absolute Gasteiger partial charge is 0.253 e. The molecule has 10 heteroatoms. The highest BCUT2D eigenvalue weighted by atomic mass is 32.1. The lowest BCUT2D eigenvalue weighted by Gasteiger charge is -2.30. The molecule has 0 fully saturated rings. The summed E-state index contributed by atoms with van der Waals surface area (Å²) < 4.78 is 20.9. The molecule has 0 aliphatic rings. The second kappa shape index (κ2) is 10.8. The fourth-order valence-electron chi connectivity index (χ4n) is 4.76. The molecule has 6 rings (SSSR count). The van der Waals surface area contributed by atoms with Gasteiger partial charge in [-0.3, -0.25) is 9.69 Å². The third-order valence-corrected chi connectivity index (χ3v) is 7.48. The minimum absolute atomic E-state index is 0.218. The van der Waals surface area contributed by atoms with Gasteiger partial charge in [0.2, 0.25) is 0 Å². The zero-order valence-electron chi connectivity index (χ0n) is 21.1. The minimum Gasteiger partial charge on any atom is -0.468 e. The molecule has 196 valence electrons. The molecular weight excluding hydrogens is 515 g/mol. The van der Waals surface area contributed by atoms with Crippen LogP contribution in [0.15, 0.2) is 93.7 Å². The first kappa shape index (κ1) is 24.9. The quantitative estimate of drug-likeness (QED) is 0.262. The Kier molecular flexibility index (Phi) is 6.87. The molecule has 8 nitrogen and oxygen atoms in total. The van der Waals surface area contributed by atoms with E-state index in [0.29, 0.717) is 31.0 Å². The van der Waals surface area contributed by atoms with E-state index in [9.17, 15) is 9.18 Å². The number of aryl methyl sites for hydroxylation is 1. The summed E-state index contributed by atoms with van der Waals surface area (Å²) in [5, 5.41) is 15.6. The van der Waals surface area contributed by atoms with Gasteiger partial charge in [0.05, 0.1) is 19.4 Å². The summed E-state index contributed by atoms with van der Waals surface area (Å²) in [6.07, 6.45) is 1.64. The highest BCUT2D eigenvalue weighted by Gasteiger charge is 2.31. The predicted octanol–water partition coefficient (Wildman–Crippen LogP) is 5.46. The fraction of sp³-hybridized carbons (Fsp3) is 0.172. The van der Waals surface area contributed by atoms with Crippen LogP contribution in [0.2, 0.25) is 0 Å². The number of aromatic nitrogens is 5. The Labute approximate surface area is 227 Å². The van der Waals surface area contributed by atoms with E-state index >= 15 is 0 Å². The van der Waals surface area contributed by atoms with Crippen LogP contribution in [0, 0.1) is 12.7 Å². The van der Waals surface area contributed by atoms with Gasteiger partial charge in [-0.25, -0.2) is 9.07 Å². The van der Waals surface area contributed by atoms with Crippen molar-refractivity contribution in [3.05, 3.63) is 134 Å². The van der Waals surface area contributed by atoms with Crippen molar-refractivity contribution in [1.82, 2.24) is 30.1 Å². The number of nitrogens with zero attached hydrogens (tertiary/aromatic N) is 5. The highest BCUT2D eigenvalue weighted by molar-refractivity contribution is 7.09. The Morgan fingerprint density at radius 3 is 2.72 bits per heavy atom. The molecule has 4 aromatic heterocycles. The van der Waals surface area contributed by atoms with E-state index in [-0.39, 0.29) is 11.4 Å². The molecule has 1 N–H and O–H groups in total. The third kappa shape index (κ3) is 5.43. The number of benzene rings is 2. The summed E-state index contributed by atoms with van der Waals surface area (Å²) in [6, 6.07) is 21.3. The van der Waals surface area contributed by atoms with Gasteiger partial charge in [0.25, 0.3) is 5.56 Å². The van der Waals surface area contributed by atoms with E-state index in [1.165, 1.54) is 12.1 Å². The van der Waals surface area contributed by atoms with E-state index < -0.39 is 6.04 Å². The van der Waals surface area contributed by atoms with Crippen molar-refractivity contribution in [2.24, 2.45) is 0 Å². The van der Waals surface area contributed by atoms with Crippen molar-refractivity contribution in [3.8, 4) is 0 Å². The number of pyridine rings is 1. The third-order valence-electron chi connectivity index (χ3n) is 6.62. The van der Waals surface area contributed by atoms with Gasteiger partial charge < -0.3 is 9.40 Å². The first-order valence-electron chi connectivity index (χ1n) is 12.5. The molecule has 0 amide bonds. The van der Waals surface area contributed by atoms with Crippen LogP contribution in [0.5, 0.6) is 0 Å². The number of furan rings is 1. The standard InChI is InChI=1S/C29H25FN6O2S/c1-19-6-9-21-15-25(29(37)31-26(21)14-19)27(28-32-33-34-36(28)16-20-7-10-22(30)11-8-20)35(17-23-4-2-12-38-23)18-24-5-3-13-39-24/h2-15,27H,16-18H2,1H3,(H,31,37)/t27-/m1/s1.